The number of carboxylic acid groups (broad SMARTS) is 1. The lowest BCUT2D eigenvalue weighted by molar-refractivity contribution is -0.138. The summed E-state index contributed by atoms with van der Waals surface area (Å²) in [6.45, 7) is 0. The van der Waals surface area contributed by atoms with Crippen LogP contribution in [0.15, 0.2) is 36.7 Å². The predicted octanol–water partition coefficient (Wildman–Crippen LogP) is 1.19. The van der Waals surface area contributed by atoms with Gasteiger partial charge in [-0.25, -0.2) is 0 Å². The maximum atomic E-state index is 10.7. The zero-order valence-electron chi connectivity index (χ0n) is 8.63. The number of pyridine rings is 1. The fraction of sp³-hybridized carbons (Fsp3) is 0.167. The first kappa shape index (κ1) is 10.6. The van der Waals surface area contributed by atoms with Gasteiger partial charge in [0.15, 0.2) is 0 Å². The number of rotatable bonds is 3. The van der Waals surface area contributed by atoms with E-state index in [1.54, 1.807) is 12.4 Å². The third-order valence-corrected chi connectivity index (χ3v) is 2.51. The third kappa shape index (κ3) is 2.01. The van der Waals surface area contributed by atoms with Gasteiger partial charge in [-0.1, -0.05) is 24.3 Å². The summed E-state index contributed by atoms with van der Waals surface area (Å²) in [5, 5.41) is 10.8. The highest BCUT2D eigenvalue weighted by Crippen LogP contribution is 2.17. The van der Waals surface area contributed by atoms with Crippen LogP contribution in [0.1, 0.15) is 5.56 Å². The number of hydrogen-bond donors (Lipinski definition) is 2. The maximum absolute atomic E-state index is 10.7. The molecule has 2 aromatic rings. The molecule has 0 aliphatic carbocycles. The minimum absolute atomic E-state index is 0.295. The first-order valence-corrected chi connectivity index (χ1v) is 4.98. The van der Waals surface area contributed by atoms with Crippen molar-refractivity contribution in [2.45, 2.75) is 12.5 Å². The molecule has 0 aliphatic rings. The molecule has 4 nitrogen and oxygen atoms in total. The summed E-state index contributed by atoms with van der Waals surface area (Å²) in [5.74, 6) is -0.993. The van der Waals surface area contributed by atoms with Crippen LogP contribution in [0.3, 0.4) is 0 Å². The SMILES string of the molecule is N[C@H](Cc1cncc2ccccc12)C(=O)O. The molecule has 0 bridgehead atoms. The van der Waals surface area contributed by atoms with Crippen molar-refractivity contribution >= 4 is 16.7 Å². The Kier molecular flexibility index (Phi) is 2.83. The average molecular weight is 216 g/mol. The second kappa shape index (κ2) is 4.28. The molecule has 82 valence electrons. The second-order valence-corrected chi connectivity index (χ2v) is 3.67. The van der Waals surface area contributed by atoms with E-state index < -0.39 is 12.0 Å². The Hall–Kier alpha value is -1.94. The highest BCUT2D eigenvalue weighted by atomic mass is 16.4. The molecule has 4 heteroatoms. The van der Waals surface area contributed by atoms with Crippen molar-refractivity contribution in [3.8, 4) is 0 Å². The van der Waals surface area contributed by atoms with Crippen LogP contribution in [0.4, 0.5) is 0 Å². The van der Waals surface area contributed by atoms with Crippen LogP contribution in [-0.4, -0.2) is 22.1 Å². The lowest BCUT2D eigenvalue weighted by Crippen LogP contribution is -2.32. The molecule has 1 aromatic carbocycles. The van der Waals surface area contributed by atoms with E-state index in [-0.39, 0.29) is 0 Å². The third-order valence-electron chi connectivity index (χ3n) is 2.51. The molecule has 1 heterocycles. The van der Waals surface area contributed by atoms with Crippen LogP contribution in [0.5, 0.6) is 0 Å². The van der Waals surface area contributed by atoms with E-state index in [4.69, 9.17) is 10.8 Å². The minimum Gasteiger partial charge on any atom is -0.480 e. The van der Waals surface area contributed by atoms with Gasteiger partial charge < -0.3 is 10.8 Å². The van der Waals surface area contributed by atoms with E-state index in [2.05, 4.69) is 4.98 Å². The van der Waals surface area contributed by atoms with Gasteiger partial charge in [0.2, 0.25) is 0 Å². The van der Waals surface area contributed by atoms with E-state index in [0.29, 0.717) is 6.42 Å². The highest BCUT2D eigenvalue weighted by Gasteiger charge is 2.13. The largest absolute Gasteiger partial charge is 0.480 e. The Morgan fingerprint density at radius 3 is 2.88 bits per heavy atom. The van der Waals surface area contributed by atoms with Gasteiger partial charge in [-0.3, -0.25) is 9.78 Å². The summed E-state index contributed by atoms with van der Waals surface area (Å²) in [4.78, 5) is 14.8. The van der Waals surface area contributed by atoms with Crippen LogP contribution >= 0.6 is 0 Å². The summed E-state index contributed by atoms with van der Waals surface area (Å²) in [5.41, 5.74) is 6.38. The smallest absolute Gasteiger partial charge is 0.320 e. The molecule has 3 N–H and O–H groups in total. The zero-order chi connectivity index (χ0) is 11.5. The summed E-state index contributed by atoms with van der Waals surface area (Å²) in [6.07, 6.45) is 3.72. The van der Waals surface area contributed by atoms with Crippen molar-refractivity contribution < 1.29 is 9.90 Å². The van der Waals surface area contributed by atoms with E-state index in [9.17, 15) is 4.79 Å². The molecule has 0 radical (unpaired) electrons. The lowest BCUT2D eigenvalue weighted by atomic mass is 10.0. The van der Waals surface area contributed by atoms with E-state index in [1.807, 2.05) is 24.3 Å². The second-order valence-electron chi connectivity index (χ2n) is 3.67. The fourth-order valence-electron chi connectivity index (χ4n) is 1.67. The van der Waals surface area contributed by atoms with Crippen molar-refractivity contribution in [2.75, 3.05) is 0 Å². The molecule has 0 spiro atoms. The van der Waals surface area contributed by atoms with Gasteiger partial charge in [0, 0.05) is 24.2 Å². The number of aliphatic carboxylic acids is 1. The Balaban J connectivity index is 2.41. The quantitative estimate of drug-likeness (QED) is 0.808. The van der Waals surface area contributed by atoms with Gasteiger partial charge in [0.05, 0.1) is 0 Å². The van der Waals surface area contributed by atoms with Gasteiger partial charge >= 0.3 is 5.97 Å². The molecule has 1 aromatic heterocycles. The van der Waals surface area contributed by atoms with Gasteiger partial charge in [0.25, 0.3) is 0 Å². The van der Waals surface area contributed by atoms with Crippen LogP contribution in [0, 0.1) is 0 Å². The normalized spacial score (nSPS) is 12.6. The average Bonchev–Trinajstić information content (AvgIpc) is 2.29. The number of hydrogen-bond acceptors (Lipinski definition) is 3. The van der Waals surface area contributed by atoms with Crippen molar-refractivity contribution in [1.29, 1.82) is 0 Å². The standard InChI is InChI=1S/C12H12N2O2/c13-11(12(15)16)5-9-7-14-6-8-3-1-2-4-10(8)9/h1-4,6-7,11H,5,13H2,(H,15,16)/t11-/m1/s1. The van der Waals surface area contributed by atoms with Crippen molar-refractivity contribution in [2.24, 2.45) is 5.73 Å². The summed E-state index contributed by atoms with van der Waals surface area (Å²) < 4.78 is 0. The monoisotopic (exact) mass is 216 g/mol. The van der Waals surface area contributed by atoms with Crippen LogP contribution in [-0.2, 0) is 11.2 Å². The summed E-state index contributed by atoms with van der Waals surface area (Å²) >= 11 is 0. The molecule has 2 rings (SSSR count). The molecule has 16 heavy (non-hydrogen) atoms. The molecule has 0 saturated heterocycles. The van der Waals surface area contributed by atoms with Crippen LogP contribution in [0.25, 0.3) is 10.8 Å². The predicted molar refractivity (Wildman–Crippen MR) is 61.1 cm³/mol. The van der Waals surface area contributed by atoms with E-state index in [1.165, 1.54) is 0 Å². The molecule has 0 amide bonds. The van der Waals surface area contributed by atoms with E-state index >= 15 is 0 Å². The fourth-order valence-corrected chi connectivity index (χ4v) is 1.67. The number of nitrogens with two attached hydrogens (primary N) is 1. The lowest BCUT2D eigenvalue weighted by Gasteiger charge is -2.08. The van der Waals surface area contributed by atoms with Gasteiger partial charge in [-0.2, -0.15) is 0 Å². The molecule has 0 fully saturated rings. The first-order valence-electron chi connectivity index (χ1n) is 4.98. The molecule has 0 aliphatic heterocycles. The number of carboxylic acids is 1. The Bertz CT molecular complexity index is 520. The number of aromatic nitrogens is 1. The Labute approximate surface area is 92.7 Å². The highest BCUT2D eigenvalue weighted by molar-refractivity contribution is 5.85. The molecule has 0 unspecified atom stereocenters. The minimum atomic E-state index is -0.993. The van der Waals surface area contributed by atoms with Crippen LogP contribution in [0.2, 0.25) is 0 Å². The summed E-state index contributed by atoms with van der Waals surface area (Å²) in [7, 11) is 0. The maximum Gasteiger partial charge on any atom is 0.320 e. The Morgan fingerprint density at radius 1 is 1.38 bits per heavy atom. The topological polar surface area (TPSA) is 76.2 Å². The zero-order valence-corrected chi connectivity index (χ0v) is 8.63. The Morgan fingerprint density at radius 2 is 2.12 bits per heavy atom. The van der Waals surface area contributed by atoms with Crippen LogP contribution < -0.4 is 5.73 Å². The van der Waals surface area contributed by atoms with Gasteiger partial charge in [-0.15, -0.1) is 0 Å². The number of fused-ring (bicyclic) bond motifs is 1. The number of benzene rings is 1. The van der Waals surface area contributed by atoms with E-state index in [0.717, 1.165) is 16.3 Å². The van der Waals surface area contributed by atoms with Crippen molar-refractivity contribution in [3.05, 3.63) is 42.2 Å². The number of nitrogens with zero attached hydrogens (tertiary/aromatic N) is 1. The number of carbonyl (C=O) groups is 1. The molecular formula is C12H12N2O2. The van der Waals surface area contributed by atoms with Crippen molar-refractivity contribution in [1.82, 2.24) is 4.98 Å². The molecular weight excluding hydrogens is 204 g/mol. The van der Waals surface area contributed by atoms with Gasteiger partial charge in [0.1, 0.15) is 6.04 Å². The molecule has 0 saturated carbocycles. The van der Waals surface area contributed by atoms with Gasteiger partial charge in [-0.05, 0) is 10.9 Å². The first-order chi connectivity index (χ1) is 7.68. The molecule has 1 atom stereocenters. The van der Waals surface area contributed by atoms with Crippen molar-refractivity contribution in [3.63, 3.8) is 0 Å². The summed E-state index contributed by atoms with van der Waals surface area (Å²) in [6, 6.07) is 6.84.